The highest BCUT2D eigenvalue weighted by molar-refractivity contribution is 7.13. The fraction of sp³-hybridized carbons (Fsp3) is 0.136. The summed E-state index contributed by atoms with van der Waals surface area (Å²) in [5.41, 5.74) is 3.05. The molecule has 4 aromatic rings. The Labute approximate surface area is 185 Å². The lowest BCUT2D eigenvalue weighted by Gasteiger charge is -2.22. The summed E-state index contributed by atoms with van der Waals surface area (Å²) in [6.45, 7) is 3.87. The fourth-order valence-electron chi connectivity index (χ4n) is 3.76. The number of benzene rings is 2. The van der Waals surface area contributed by atoms with Gasteiger partial charge in [0.15, 0.2) is 10.6 Å². The number of anilines is 1. The molecule has 2 aromatic carbocycles. The van der Waals surface area contributed by atoms with Crippen LogP contribution in [0, 0.1) is 13.8 Å². The maximum Gasteiger partial charge on any atom is 0.297 e. The molecule has 8 heteroatoms. The third-order valence-electron chi connectivity index (χ3n) is 5.37. The van der Waals surface area contributed by atoms with Gasteiger partial charge >= 0.3 is 0 Å². The zero-order chi connectivity index (χ0) is 21.2. The molecule has 0 spiro atoms. The Kier molecular flexibility index (Phi) is 4.47. The number of rotatable bonds is 2. The van der Waals surface area contributed by atoms with Crippen molar-refractivity contribution in [3.8, 4) is 0 Å². The molecule has 0 saturated carbocycles. The predicted octanol–water partition coefficient (Wildman–Crippen LogP) is 5.92. The average molecular weight is 457 g/mol. The fourth-order valence-corrected chi connectivity index (χ4v) is 4.73. The summed E-state index contributed by atoms with van der Waals surface area (Å²) in [4.78, 5) is 32.7. The van der Waals surface area contributed by atoms with E-state index in [1.54, 1.807) is 41.9 Å². The number of hydrogen-bond donors (Lipinski definition) is 0. The molecule has 3 heterocycles. The number of amides is 1. The first kappa shape index (κ1) is 19.3. The van der Waals surface area contributed by atoms with Crippen molar-refractivity contribution in [3.63, 3.8) is 0 Å². The summed E-state index contributed by atoms with van der Waals surface area (Å²) in [6, 6.07) is 7.96. The van der Waals surface area contributed by atoms with Crippen molar-refractivity contribution in [1.82, 2.24) is 4.98 Å². The van der Waals surface area contributed by atoms with Crippen LogP contribution in [0.25, 0.3) is 11.0 Å². The second-order valence-corrected chi connectivity index (χ2v) is 8.86. The second-order valence-electron chi connectivity index (χ2n) is 7.17. The molecular weight excluding hydrogens is 443 g/mol. The zero-order valence-electron chi connectivity index (χ0n) is 15.9. The quantitative estimate of drug-likeness (QED) is 0.375. The summed E-state index contributed by atoms with van der Waals surface area (Å²) < 4.78 is 5.99. The standard InChI is InChI=1S/C22H14Cl2N2O3S/c1-10-7-13-16(8-11(10)2)29-20-17(19(13)27)18(12-3-4-14(23)15(24)9-12)26(21(20)28)22-25-5-6-30-22/h3-9,18H,1-2H3/t18-/m0/s1. The summed E-state index contributed by atoms with van der Waals surface area (Å²) in [7, 11) is 0. The molecule has 1 aliphatic rings. The first-order chi connectivity index (χ1) is 14.4. The van der Waals surface area contributed by atoms with Gasteiger partial charge in [-0.15, -0.1) is 11.3 Å². The molecule has 5 nitrogen and oxygen atoms in total. The Balaban J connectivity index is 1.85. The average Bonchev–Trinajstić information content (AvgIpc) is 3.33. The third kappa shape index (κ3) is 2.79. The maximum atomic E-state index is 13.6. The van der Waals surface area contributed by atoms with Crippen molar-refractivity contribution in [2.75, 3.05) is 4.90 Å². The van der Waals surface area contributed by atoms with Crippen LogP contribution in [0.5, 0.6) is 0 Å². The van der Waals surface area contributed by atoms with Crippen LogP contribution < -0.4 is 10.3 Å². The SMILES string of the molecule is Cc1cc2oc3c(c(=O)c2cc1C)[C@H](c1ccc(Cl)c(Cl)c1)N(c1nccs1)C3=O. The van der Waals surface area contributed by atoms with Crippen LogP contribution in [0.2, 0.25) is 10.0 Å². The van der Waals surface area contributed by atoms with Crippen LogP contribution >= 0.6 is 34.5 Å². The Hall–Kier alpha value is -2.67. The smallest absolute Gasteiger partial charge is 0.297 e. The lowest BCUT2D eigenvalue weighted by atomic mass is 9.97. The van der Waals surface area contributed by atoms with Crippen LogP contribution in [-0.4, -0.2) is 10.9 Å². The van der Waals surface area contributed by atoms with Gasteiger partial charge in [0.25, 0.3) is 5.91 Å². The molecule has 0 radical (unpaired) electrons. The van der Waals surface area contributed by atoms with Crippen LogP contribution in [0.15, 0.2) is 51.1 Å². The molecule has 0 unspecified atom stereocenters. The number of carbonyl (C=O) groups is 1. The maximum absolute atomic E-state index is 13.6. The number of hydrogen-bond acceptors (Lipinski definition) is 5. The summed E-state index contributed by atoms with van der Waals surface area (Å²) >= 11 is 13.6. The van der Waals surface area contributed by atoms with E-state index >= 15 is 0 Å². The van der Waals surface area contributed by atoms with E-state index in [2.05, 4.69) is 4.98 Å². The predicted molar refractivity (Wildman–Crippen MR) is 119 cm³/mol. The minimum atomic E-state index is -0.712. The van der Waals surface area contributed by atoms with Gasteiger partial charge in [0.1, 0.15) is 5.58 Å². The largest absolute Gasteiger partial charge is 0.450 e. The van der Waals surface area contributed by atoms with Gasteiger partial charge < -0.3 is 4.42 Å². The van der Waals surface area contributed by atoms with Crippen LogP contribution in [0.3, 0.4) is 0 Å². The monoisotopic (exact) mass is 456 g/mol. The molecular formula is C22H14Cl2N2O3S. The van der Waals surface area contributed by atoms with E-state index in [1.165, 1.54) is 16.2 Å². The molecule has 0 bridgehead atoms. The van der Waals surface area contributed by atoms with Crippen molar-refractivity contribution in [2.24, 2.45) is 0 Å². The first-order valence-electron chi connectivity index (χ1n) is 9.12. The number of nitrogens with zero attached hydrogens (tertiary/aromatic N) is 2. The van der Waals surface area contributed by atoms with Gasteiger partial charge in [-0.25, -0.2) is 4.98 Å². The van der Waals surface area contributed by atoms with E-state index in [9.17, 15) is 9.59 Å². The summed E-state index contributed by atoms with van der Waals surface area (Å²) in [6.07, 6.45) is 1.61. The van der Waals surface area contributed by atoms with Gasteiger partial charge in [-0.1, -0.05) is 29.3 Å². The highest BCUT2D eigenvalue weighted by atomic mass is 35.5. The lowest BCUT2D eigenvalue weighted by molar-refractivity contribution is 0.0971. The highest BCUT2D eigenvalue weighted by Gasteiger charge is 2.44. The molecule has 0 N–H and O–H groups in total. The first-order valence-corrected chi connectivity index (χ1v) is 10.8. The Bertz CT molecular complexity index is 1400. The van der Waals surface area contributed by atoms with Gasteiger partial charge in [0.05, 0.1) is 27.0 Å². The molecule has 1 aliphatic heterocycles. The van der Waals surface area contributed by atoms with E-state index in [4.69, 9.17) is 27.6 Å². The van der Waals surface area contributed by atoms with Crippen LogP contribution in [-0.2, 0) is 0 Å². The van der Waals surface area contributed by atoms with Gasteiger partial charge in [0.2, 0.25) is 5.76 Å². The number of halogens is 2. The number of aryl methyl sites for hydroxylation is 2. The van der Waals surface area contributed by atoms with Crippen molar-refractivity contribution >= 4 is 56.5 Å². The molecule has 2 aromatic heterocycles. The summed E-state index contributed by atoms with van der Waals surface area (Å²) in [5, 5.41) is 3.41. The Morgan fingerprint density at radius 3 is 2.53 bits per heavy atom. The molecule has 1 atom stereocenters. The second kappa shape index (κ2) is 6.94. The van der Waals surface area contributed by atoms with E-state index in [0.717, 1.165) is 11.1 Å². The van der Waals surface area contributed by atoms with E-state index in [-0.39, 0.29) is 16.8 Å². The molecule has 30 heavy (non-hydrogen) atoms. The molecule has 0 saturated heterocycles. The van der Waals surface area contributed by atoms with Crippen molar-refractivity contribution < 1.29 is 9.21 Å². The molecule has 5 rings (SSSR count). The molecule has 0 aliphatic carbocycles. The van der Waals surface area contributed by atoms with Crippen LogP contribution in [0.1, 0.15) is 38.9 Å². The van der Waals surface area contributed by atoms with Crippen LogP contribution in [0.4, 0.5) is 5.13 Å². The van der Waals surface area contributed by atoms with E-state index in [1.807, 2.05) is 13.8 Å². The van der Waals surface area contributed by atoms with E-state index in [0.29, 0.717) is 31.7 Å². The summed E-state index contributed by atoms with van der Waals surface area (Å²) in [5.74, 6) is -0.379. The van der Waals surface area contributed by atoms with Gasteiger partial charge in [0, 0.05) is 11.6 Å². The molecule has 150 valence electrons. The highest BCUT2D eigenvalue weighted by Crippen LogP contribution is 2.43. The molecule has 1 amide bonds. The third-order valence-corrected chi connectivity index (χ3v) is 6.88. The minimum absolute atomic E-state index is 0.0297. The number of aromatic nitrogens is 1. The van der Waals surface area contributed by atoms with Crippen molar-refractivity contribution in [1.29, 1.82) is 0 Å². The van der Waals surface area contributed by atoms with Gasteiger partial charge in [-0.05, 0) is 54.8 Å². The van der Waals surface area contributed by atoms with E-state index < -0.39 is 11.9 Å². The normalized spacial score (nSPS) is 15.8. The number of thiazole rings is 1. The molecule has 0 fully saturated rings. The number of fused-ring (bicyclic) bond motifs is 2. The van der Waals surface area contributed by atoms with Crippen molar-refractivity contribution in [3.05, 3.63) is 90.2 Å². The Morgan fingerprint density at radius 2 is 1.83 bits per heavy atom. The zero-order valence-corrected chi connectivity index (χ0v) is 18.2. The van der Waals surface area contributed by atoms with Gasteiger partial charge in [-0.3, -0.25) is 14.5 Å². The minimum Gasteiger partial charge on any atom is -0.450 e. The lowest BCUT2D eigenvalue weighted by Crippen LogP contribution is -2.29. The Morgan fingerprint density at radius 1 is 1.07 bits per heavy atom. The topological polar surface area (TPSA) is 63.4 Å². The van der Waals surface area contributed by atoms with Crippen molar-refractivity contribution in [2.45, 2.75) is 19.9 Å². The van der Waals surface area contributed by atoms with Gasteiger partial charge in [-0.2, -0.15) is 0 Å². The number of carbonyl (C=O) groups excluding carboxylic acids is 1.